The summed E-state index contributed by atoms with van der Waals surface area (Å²) < 4.78 is 0. The molecule has 1 atom stereocenters. The van der Waals surface area contributed by atoms with Gasteiger partial charge < -0.3 is 10.0 Å². The van der Waals surface area contributed by atoms with Crippen LogP contribution in [0.5, 0.6) is 0 Å². The van der Waals surface area contributed by atoms with E-state index in [0.717, 1.165) is 43.0 Å². The van der Waals surface area contributed by atoms with E-state index in [1.165, 1.54) is 5.56 Å². The summed E-state index contributed by atoms with van der Waals surface area (Å²) in [7, 11) is 0. The number of likely N-dealkylation sites (tertiary alicyclic amines) is 1. The van der Waals surface area contributed by atoms with Crippen molar-refractivity contribution in [1.82, 2.24) is 4.90 Å². The second-order valence-electron chi connectivity index (χ2n) is 5.50. The first-order chi connectivity index (χ1) is 9.70. The zero-order valence-electron chi connectivity index (χ0n) is 12.0. The van der Waals surface area contributed by atoms with Crippen molar-refractivity contribution in [1.29, 1.82) is 0 Å². The van der Waals surface area contributed by atoms with Crippen molar-refractivity contribution >= 4 is 17.7 Å². The van der Waals surface area contributed by atoms with Crippen LogP contribution in [0.25, 0.3) is 0 Å². The summed E-state index contributed by atoms with van der Waals surface area (Å²) in [5.41, 5.74) is 2.03. The highest BCUT2D eigenvalue weighted by atomic mass is 32.2. The Morgan fingerprint density at radius 2 is 1.95 bits per heavy atom. The summed E-state index contributed by atoms with van der Waals surface area (Å²) in [5, 5.41) is 8.98. The van der Waals surface area contributed by atoms with E-state index in [-0.39, 0.29) is 12.5 Å². The smallest absolute Gasteiger partial charge is 0.253 e. The number of benzene rings is 1. The molecule has 1 N–H and O–H groups in total. The third-order valence-electron chi connectivity index (χ3n) is 3.58. The standard InChI is InChI=1S/C16H23NO2S/c1-13(10-18)11-20-12-14-4-6-15(7-5-14)16(19)17-8-2-3-9-17/h4-7,13,18H,2-3,8-12H2,1H3. The molecular formula is C16H23NO2S. The zero-order valence-corrected chi connectivity index (χ0v) is 12.9. The van der Waals surface area contributed by atoms with E-state index in [0.29, 0.717) is 5.92 Å². The van der Waals surface area contributed by atoms with Crippen LogP contribution in [0, 0.1) is 5.92 Å². The molecule has 1 aromatic rings. The fourth-order valence-electron chi connectivity index (χ4n) is 2.28. The highest BCUT2D eigenvalue weighted by Gasteiger charge is 2.19. The Morgan fingerprint density at radius 3 is 2.55 bits per heavy atom. The molecule has 1 aliphatic rings. The molecule has 4 heteroatoms. The number of hydrogen-bond donors (Lipinski definition) is 1. The van der Waals surface area contributed by atoms with Gasteiger partial charge >= 0.3 is 0 Å². The SMILES string of the molecule is CC(CO)CSCc1ccc(C(=O)N2CCCC2)cc1. The molecule has 0 radical (unpaired) electrons. The lowest BCUT2D eigenvalue weighted by atomic mass is 10.1. The lowest BCUT2D eigenvalue weighted by Crippen LogP contribution is -2.27. The minimum Gasteiger partial charge on any atom is -0.396 e. The molecule has 1 heterocycles. The maximum absolute atomic E-state index is 12.2. The Kier molecular flexibility index (Phi) is 5.92. The van der Waals surface area contributed by atoms with Crippen molar-refractivity contribution in [3.05, 3.63) is 35.4 Å². The number of hydrogen-bond acceptors (Lipinski definition) is 3. The van der Waals surface area contributed by atoms with Crippen molar-refractivity contribution in [2.75, 3.05) is 25.4 Å². The van der Waals surface area contributed by atoms with Crippen LogP contribution >= 0.6 is 11.8 Å². The van der Waals surface area contributed by atoms with Crippen molar-refractivity contribution in [2.24, 2.45) is 5.92 Å². The molecular weight excluding hydrogens is 270 g/mol. The van der Waals surface area contributed by atoms with E-state index in [1.807, 2.05) is 47.9 Å². The lowest BCUT2D eigenvalue weighted by Gasteiger charge is -2.15. The van der Waals surface area contributed by atoms with Crippen LogP contribution in [0.15, 0.2) is 24.3 Å². The Balaban J connectivity index is 1.84. The second kappa shape index (κ2) is 7.70. The third-order valence-corrected chi connectivity index (χ3v) is 4.92. The molecule has 1 fully saturated rings. The van der Waals surface area contributed by atoms with Gasteiger partial charge in [-0.3, -0.25) is 4.79 Å². The van der Waals surface area contributed by atoms with Crippen molar-refractivity contribution < 1.29 is 9.90 Å². The van der Waals surface area contributed by atoms with Crippen LogP contribution in [0.2, 0.25) is 0 Å². The largest absolute Gasteiger partial charge is 0.396 e. The van der Waals surface area contributed by atoms with Gasteiger partial charge in [-0.25, -0.2) is 0 Å². The molecule has 0 aromatic heterocycles. The molecule has 1 aliphatic heterocycles. The summed E-state index contributed by atoms with van der Waals surface area (Å²) in [6.45, 7) is 4.09. The van der Waals surface area contributed by atoms with Gasteiger partial charge in [-0.1, -0.05) is 19.1 Å². The molecule has 1 amide bonds. The maximum Gasteiger partial charge on any atom is 0.253 e. The maximum atomic E-state index is 12.2. The number of rotatable bonds is 6. The van der Waals surface area contributed by atoms with Gasteiger partial charge in [-0.05, 0) is 42.2 Å². The average Bonchev–Trinajstić information content (AvgIpc) is 3.01. The van der Waals surface area contributed by atoms with Gasteiger partial charge in [0.15, 0.2) is 0 Å². The van der Waals surface area contributed by atoms with E-state index in [9.17, 15) is 4.79 Å². The fraction of sp³-hybridized carbons (Fsp3) is 0.562. The fourth-order valence-corrected chi connectivity index (χ4v) is 3.33. The van der Waals surface area contributed by atoms with Gasteiger partial charge in [-0.2, -0.15) is 11.8 Å². The van der Waals surface area contributed by atoms with Crippen molar-refractivity contribution in [3.63, 3.8) is 0 Å². The Labute approximate surface area is 125 Å². The monoisotopic (exact) mass is 293 g/mol. The minimum absolute atomic E-state index is 0.163. The first kappa shape index (κ1) is 15.4. The summed E-state index contributed by atoms with van der Waals surface area (Å²) in [4.78, 5) is 14.1. The Morgan fingerprint density at radius 1 is 1.30 bits per heavy atom. The molecule has 110 valence electrons. The highest BCUT2D eigenvalue weighted by molar-refractivity contribution is 7.98. The molecule has 1 saturated heterocycles. The van der Waals surface area contributed by atoms with E-state index in [2.05, 4.69) is 0 Å². The van der Waals surface area contributed by atoms with Crippen LogP contribution < -0.4 is 0 Å². The first-order valence-electron chi connectivity index (χ1n) is 7.27. The topological polar surface area (TPSA) is 40.5 Å². The number of nitrogens with zero attached hydrogens (tertiary/aromatic N) is 1. The number of amides is 1. The number of carbonyl (C=O) groups excluding carboxylic acids is 1. The number of carbonyl (C=O) groups is 1. The summed E-state index contributed by atoms with van der Waals surface area (Å²) in [6.07, 6.45) is 2.26. The molecule has 0 spiro atoms. The molecule has 0 aliphatic carbocycles. The lowest BCUT2D eigenvalue weighted by molar-refractivity contribution is 0.0793. The van der Waals surface area contributed by atoms with Gasteiger partial charge in [-0.15, -0.1) is 0 Å². The number of aliphatic hydroxyl groups excluding tert-OH is 1. The summed E-state index contributed by atoms with van der Waals surface area (Å²) in [6, 6.07) is 7.96. The van der Waals surface area contributed by atoms with E-state index < -0.39 is 0 Å². The van der Waals surface area contributed by atoms with Crippen molar-refractivity contribution in [3.8, 4) is 0 Å². The van der Waals surface area contributed by atoms with Crippen LogP contribution in [0.4, 0.5) is 0 Å². The van der Waals surface area contributed by atoms with Gasteiger partial charge in [0.2, 0.25) is 0 Å². The molecule has 0 bridgehead atoms. The first-order valence-corrected chi connectivity index (χ1v) is 8.43. The molecule has 2 rings (SSSR count). The molecule has 1 aromatic carbocycles. The predicted molar refractivity (Wildman–Crippen MR) is 84.0 cm³/mol. The molecule has 3 nitrogen and oxygen atoms in total. The summed E-state index contributed by atoms with van der Waals surface area (Å²) in [5.74, 6) is 2.40. The number of thioether (sulfide) groups is 1. The summed E-state index contributed by atoms with van der Waals surface area (Å²) >= 11 is 1.82. The van der Waals surface area contributed by atoms with E-state index in [1.54, 1.807) is 0 Å². The Hall–Kier alpha value is -1.00. The van der Waals surface area contributed by atoms with Gasteiger partial charge in [0.1, 0.15) is 0 Å². The van der Waals surface area contributed by atoms with E-state index in [4.69, 9.17) is 5.11 Å². The minimum atomic E-state index is 0.163. The highest BCUT2D eigenvalue weighted by Crippen LogP contribution is 2.18. The second-order valence-corrected chi connectivity index (χ2v) is 6.53. The number of aliphatic hydroxyl groups is 1. The van der Waals surface area contributed by atoms with Crippen LogP contribution in [0.1, 0.15) is 35.7 Å². The Bertz CT molecular complexity index is 427. The van der Waals surface area contributed by atoms with Crippen LogP contribution in [-0.4, -0.2) is 41.4 Å². The van der Waals surface area contributed by atoms with Crippen LogP contribution in [-0.2, 0) is 5.75 Å². The van der Waals surface area contributed by atoms with Gasteiger partial charge in [0.05, 0.1) is 0 Å². The average molecular weight is 293 g/mol. The molecule has 0 saturated carbocycles. The molecule has 1 unspecified atom stereocenters. The van der Waals surface area contributed by atoms with Crippen molar-refractivity contribution in [2.45, 2.75) is 25.5 Å². The van der Waals surface area contributed by atoms with E-state index >= 15 is 0 Å². The third kappa shape index (κ3) is 4.25. The quantitative estimate of drug-likeness (QED) is 0.877. The predicted octanol–water partition coefficient (Wildman–Crippen LogP) is 2.78. The molecule has 20 heavy (non-hydrogen) atoms. The zero-order chi connectivity index (χ0) is 14.4. The van der Waals surface area contributed by atoms with Gasteiger partial charge in [0, 0.05) is 31.0 Å². The normalized spacial score (nSPS) is 16.4. The van der Waals surface area contributed by atoms with Gasteiger partial charge in [0.25, 0.3) is 5.91 Å². The van der Waals surface area contributed by atoms with Crippen LogP contribution in [0.3, 0.4) is 0 Å².